The van der Waals surface area contributed by atoms with Crippen LogP contribution in [0.15, 0.2) is 18.2 Å². The number of benzene rings is 1. The van der Waals surface area contributed by atoms with E-state index in [1.54, 1.807) is 0 Å². The molecule has 0 saturated heterocycles. The normalized spacial score (nSPS) is 19.6. The number of nitrogens with one attached hydrogen (secondary N) is 1. The lowest BCUT2D eigenvalue weighted by molar-refractivity contribution is 0.533. The van der Waals surface area contributed by atoms with Crippen molar-refractivity contribution in [3.05, 3.63) is 29.3 Å². The second-order valence-electron chi connectivity index (χ2n) is 4.47. The fourth-order valence-electron chi connectivity index (χ4n) is 2.36. The van der Waals surface area contributed by atoms with E-state index < -0.39 is 0 Å². The van der Waals surface area contributed by atoms with Gasteiger partial charge in [0.1, 0.15) is 0 Å². The van der Waals surface area contributed by atoms with Gasteiger partial charge in [-0.3, -0.25) is 0 Å². The van der Waals surface area contributed by atoms with E-state index in [0.29, 0.717) is 5.92 Å². The van der Waals surface area contributed by atoms with Crippen molar-refractivity contribution >= 4 is 5.69 Å². The van der Waals surface area contributed by atoms with Crippen molar-refractivity contribution in [2.24, 2.45) is 5.92 Å². The first-order chi connectivity index (χ1) is 6.74. The van der Waals surface area contributed by atoms with Crippen molar-refractivity contribution in [3.63, 3.8) is 0 Å². The Morgan fingerprint density at radius 3 is 2.86 bits per heavy atom. The van der Waals surface area contributed by atoms with Crippen LogP contribution in [0.4, 0.5) is 5.69 Å². The Kier molecular flexibility index (Phi) is 2.49. The molecule has 1 N–H and O–H groups in total. The molecule has 0 amide bonds. The van der Waals surface area contributed by atoms with Crippen LogP contribution >= 0.6 is 0 Å². The molecule has 1 heterocycles. The molecule has 0 unspecified atom stereocenters. The zero-order chi connectivity index (χ0) is 10.1. The number of aryl methyl sites for hydroxylation is 1. The zero-order valence-corrected chi connectivity index (χ0v) is 9.30. The summed E-state index contributed by atoms with van der Waals surface area (Å²) in [7, 11) is 0. The first-order valence-electron chi connectivity index (χ1n) is 5.59. The lowest BCUT2D eigenvalue weighted by Gasteiger charge is -2.14. The highest BCUT2D eigenvalue weighted by Gasteiger charge is 2.25. The summed E-state index contributed by atoms with van der Waals surface area (Å²) in [6, 6.07) is 6.70. The summed E-state index contributed by atoms with van der Waals surface area (Å²) in [5.74, 6) is 1.44. The molecule has 76 valence electrons. The molecule has 0 radical (unpaired) electrons. The van der Waals surface area contributed by atoms with E-state index in [1.807, 2.05) is 0 Å². The Morgan fingerprint density at radius 2 is 2.21 bits per heavy atom. The van der Waals surface area contributed by atoms with Crippen LogP contribution in [0.1, 0.15) is 37.8 Å². The number of para-hydroxylation sites is 1. The summed E-state index contributed by atoms with van der Waals surface area (Å²) in [6.07, 6.45) is 1.13. The van der Waals surface area contributed by atoms with Gasteiger partial charge in [0.2, 0.25) is 0 Å². The third kappa shape index (κ3) is 1.41. The second-order valence-corrected chi connectivity index (χ2v) is 4.47. The third-order valence-corrected chi connectivity index (χ3v) is 3.27. The molecule has 0 aliphatic carbocycles. The van der Waals surface area contributed by atoms with Crippen molar-refractivity contribution in [1.29, 1.82) is 0 Å². The maximum absolute atomic E-state index is 3.55. The number of hydrogen-bond acceptors (Lipinski definition) is 1. The van der Waals surface area contributed by atoms with E-state index in [4.69, 9.17) is 0 Å². The summed E-state index contributed by atoms with van der Waals surface area (Å²) in [5, 5.41) is 3.55. The second kappa shape index (κ2) is 3.64. The number of fused-ring (bicyclic) bond motifs is 1. The van der Waals surface area contributed by atoms with Crippen molar-refractivity contribution in [3.8, 4) is 0 Å². The molecule has 1 aliphatic heterocycles. The minimum absolute atomic E-state index is 0.705. The SMILES string of the molecule is CCc1cccc2c1NC[C@@H]2C(C)C. The molecular weight excluding hydrogens is 170 g/mol. The number of hydrogen-bond donors (Lipinski definition) is 1. The average Bonchev–Trinajstić information content (AvgIpc) is 2.60. The van der Waals surface area contributed by atoms with E-state index in [-0.39, 0.29) is 0 Å². The van der Waals surface area contributed by atoms with Crippen LogP contribution in [-0.4, -0.2) is 6.54 Å². The lowest BCUT2D eigenvalue weighted by Crippen LogP contribution is -2.08. The van der Waals surface area contributed by atoms with Crippen molar-refractivity contribution in [2.45, 2.75) is 33.1 Å². The van der Waals surface area contributed by atoms with E-state index >= 15 is 0 Å². The van der Waals surface area contributed by atoms with Crippen LogP contribution in [0.3, 0.4) is 0 Å². The van der Waals surface area contributed by atoms with Crippen LogP contribution in [0.2, 0.25) is 0 Å². The van der Waals surface area contributed by atoms with Gasteiger partial charge in [-0.15, -0.1) is 0 Å². The molecule has 1 aromatic rings. The fraction of sp³-hybridized carbons (Fsp3) is 0.538. The Morgan fingerprint density at radius 1 is 1.43 bits per heavy atom. The van der Waals surface area contributed by atoms with Crippen LogP contribution < -0.4 is 5.32 Å². The molecule has 0 bridgehead atoms. The van der Waals surface area contributed by atoms with Gasteiger partial charge in [0.05, 0.1) is 0 Å². The smallest absolute Gasteiger partial charge is 0.0409 e. The van der Waals surface area contributed by atoms with Gasteiger partial charge in [-0.2, -0.15) is 0 Å². The quantitative estimate of drug-likeness (QED) is 0.751. The molecule has 2 rings (SSSR count). The Bertz CT molecular complexity index is 328. The highest BCUT2D eigenvalue weighted by Crippen LogP contribution is 2.38. The molecule has 0 fully saturated rings. The standard InChI is InChI=1S/C13H19N/c1-4-10-6-5-7-11-12(9(2)3)8-14-13(10)11/h5-7,9,12,14H,4,8H2,1-3H3/t12-/m1/s1. The third-order valence-electron chi connectivity index (χ3n) is 3.27. The van der Waals surface area contributed by atoms with Crippen LogP contribution in [-0.2, 0) is 6.42 Å². The molecule has 0 spiro atoms. The predicted octanol–water partition coefficient (Wildman–Crippen LogP) is 3.41. The molecular formula is C13H19N. The van der Waals surface area contributed by atoms with Crippen LogP contribution in [0.5, 0.6) is 0 Å². The van der Waals surface area contributed by atoms with Gasteiger partial charge in [-0.1, -0.05) is 39.0 Å². The number of rotatable bonds is 2. The van der Waals surface area contributed by atoms with E-state index in [9.17, 15) is 0 Å². The van der Waals surface area contributed by atoms with Gasteiger partial charge in [-0.05, 0) is 23.5 Å². The molecule has 1 heteroatoms. The summed E-state index contributed by atoms with van der Waals surface area (Å²) < 4.78 is 0. The van der Waals surface area contributed by atoms with Crippen molar-refractivity contribution < 1.29 is 0 Å². The lowest BCUT2D eigenvalue weighted by atomic mass is 9.89. The molecule has 1 atom stereocenters. The van der Waals surface area contributed by atoms with Gasteiger partial charge >= 0.3 is 0 Å². The highest BCUT2D eigenvalue weighted by atomic mass is 14.9. The predicted molar refractivity (Wildman–Crippen MR) is 61.9 cm³/mol. The molecule has 0 aromatic heterocycles. The van der Waals surface area contributed by atoms with Gasteiger partial charge in [-0.25, -0.2) is 0 Å². The Labute approximate surface area is 86.5 Å². The van der Waals surface area contributed by atoms with Gasteiger partial charge < -0.3 is 5.32 Å². The Balaban J connectivity index is 2.41. The van der Waals surface area contributed by atoms with Gasteiger partial charge in [0.25, 0.3) is 0 Å². The first kappa shape index (κ1) is 9.57. The highest BCUT2D eigenvalue weighted by molar-refractivity contribution is 5.63. The summed E-state index contributed by atoms with van der Waals surface area (Å²) in [4.78, 5) is 0. The summed E-state index contributed by atoms with van der Waals surface area (Å²) >= 11 is 0. The summed E-state index contributed by atoms with van der Waals surface area (Å²) in [5.41, 5.74) is 4.40. The zero-order valence-electron chi connectivity index (χ0n) is 9.30. The molecule has 1 nitrogen and oxygen atoms in total. The van der Waals surface area contributed by atoms with E-state index in [2.05, 4.69) is 44.3 Å². The Hall–Kier alpha value is -0.980. The van der Waals surface area contributed by atoms with Crippen molar-refractivity contribution in [2.75, 3.05) is 11.9 Å². The van der Waals surface area contributed by atoms with Crippen LogP contribution in [0, 0.1) is 5.92 Å². The van der Waals surface area contributed by atoms with Gasteiger partial charge in [0, 0.05) is 18.2 Å². The van der Waals surface area contributed by atoms with Gasteiger partial charge in [0.15, 0.2) is 0 Å². The minimum atomic E-state index is 0.705. The average molecular weight is 189 g/mol. The molecule has 1 aliphatic rings. The molecule has 0 saturated carbocycles. The minimum Gasteiger partial charge on any atom is -0.384 e. The van der Waals surface area contributed by atoms with Crippen molar-refractivity contribution in [1.82, 2.24) is 0 Å². The fourth-order valence-corrected chi connectivity index (χ4v) is 2.36. The topological polar surface area (TPSA) is 12.0 Å². The largest absolute Gasteiger partial charge is 0.384 e. The van der Waals surface area contributed by atoms with Crippen LogP contribution in [0.25, 0.3) is 0 Å². The summed E-state index contributed by atoms with van der Waals surface area (Å²) in [6.45, 7) is 7.95. The maximum Gasteiger partial charge on any atom is 0.0409 e. The maximum atomic E-state index is 3.55. The molecule has 14 heavy (non-hydrogen) atoms. The molecule has 1 aromatic carbocycles. The number of anilines is 1. The van der Waals surface area contributed by atoms with E-state index in [0.717, 1.165) is 18.9 Å². The monoisotopic (exact) mass is 189 g/mol. The first-order valence-corrected chi connectivity index (χ1v) is 5.59. The van der Waals surface area contributed by atoms with E-state index in [1.165, 1.54) is 16.8 Å².